The predicted octanol–water partition coefficient (Wildman–Crippen LogP) is 3.54. The normalized spacial score (nSPS) is 10.5. The molecule has 3 aromatic rings. The van der Waals surface area contributed by atoms with Crippen LogP contribution >= 0.6 is 11.3 Å². The second-order valence-corrected chi connectivity index (χ2v) is 5.79. The number of nitrogens with zero attached hydrogens (tertiary/aromatic N) is 1. The summed E-state index contributed by atoms with van der Waals surface area (Å²) in [6.07, 6.45) is 0. The first-order valence-electron chi connectivity index (χ1n) is 6.80. The molecule has 2 aromatic carbocycles. The molecule has 0 saturated heterocycles. The Labute approximate surface area is 136 Å². The Balaban J connectivity index is 1.97. The summed E-state index contributed by atoms with van der Waals surface area (Å²) in [5, 5.41) is 0.818. The molecule has 0 aliphatic heterocycles. The maximum absolute atomic E-state index is 11.6. The maximum atomic E-state index is 11.6. The third-order valence-electron chi connectivity index (χ3n) is 3.36. The molecular formula is C17H13NO4S. The Morgan fingerprint density at radius 3 is 2.17 bits per heavy atom. The van der Waals surface area contributed by atoms with Crippen LogP contribution in [0.3, 0.4) is 0 Å². The van der Waals surface area contributed by atoms with Crippen molar-refractivity contribution in [2.75, 3.05) is 14.2 Å². The molecule has 3 rings (SSSR count). The van der Waals surface area contributed by atoms with E-state index in [0.717, 1.165) is 20.8 Å². The second-order valence-electron chi connectivity index (χ2n) is 4.76. The molecule has 1 aromatic heterocycles. The highest BCUT2D eigenvalue weighted by Crippen LogP contribution is 2.31. The summed E-state index contributed by atoms with van der Waals surface area (Å²) >= 11 is 1.48. The number of methoxy groups -OCH3 is 2. The van der Waals surface area contributed by atoms with Gasteiger partial charge in [0.1, 0.15) is 5.01 Å². The van der Waals surface area contributed by atoms with Crippen LogP contribution in [0.25, 0.3) is 20.8 Å². The number of carbonyl (C=O) groups is 2. The summed E-state index contributed by atoms with van der Waals surface area (Å²) in [7, 11) is 2.70. The third kappa shape index (κ3) is 2.93. The molecule has 0 atom stereocenters. The fraction of sp³-hybridized carbons (Fsp3) is 0.118. The third-order valence-corrected chi connectivity index (χ3v) is 4.43. The number of ether oxygens (including phenoxy) is 2. The smallest absolute Gasteiger partial charge is 0.337 e. The van der Waals surface area contributed by atoms with Gasteiger partial charge >= 0.3 is 11.9 Å². The van der Waals surface area contributed by atoms with E-state index >= 15 is 0 Å². The van der Waals surface area contributed by atoms with Crippen molar-refractivity contribution in [2.45, 2.75) is 0 Å². The van der Waals surface area contributed by atoms with Crippen LogP contribution in [0.5, 0.6) is 0 Å². The molecule has 0 N–H and O–H groups in total. The van der Waals surface area contributed by atoms with Crippen LogP contribution in [-0.2, 0) is 9.47 Å². The lowest BCUT2D eigenvalue weighted by Gasteiger charge is -2.00. The van der Waals surface area contributed by atoms with Crippen LogP contribution in [0.2, 0.25) is 0 Å². The van der Waals surface area contributed by atoms with E-state index in [2.05, 4.69) is 9.72 Å². The number of rotatable bonds is 3. The van der Waals surface area contributed by atoms with Crippen molar-refractivity contribution in [1.82, 2.24) is 4.98 Å². The Morgan fingerprint density at radius 2 is 1.52 bits per heavy atom. The van der Waals surface area contributed by atoms with E-state index in [-0.39, 0.29) is 11.9 Å². The monoisotopic (exact) mass is 327 g/mol. The highest BCUT2D eigenvalue weighted by molar-refractivity contribution is 7.21. The molecule has 6 heteroatoms. The molecule has 0 radical (unpaired) electrons. The van der Waals surface area contributed by atoms with Gasteiger partial charge in [0, 0.05) is 5.56 Å². The molecule has 0 saturated carbocycles. The van der Waals surface area contributed by atoms with Crippen LogP contribution in [0.15, 0.2) is 42.5 Å². The topological polar surface area (TPSA) is 65.5 Å². The molecule has 0 aliphatic carbocycles. The molecule has 0 aliphatic rings. The zero-order chi connectivity index (χ0) is 16.4. The van der Waals surface area contributed by atoms with E-state index in [9.17, 15) is 9.59 Å². The Morgan fingerprint density at radius 1 is 0.913 bits per heavy atom. The minimum absolute atomic E-state index is 0.371. The Bertz CT molecular complexity index is 883. The average Bonchev–Trinajstić information content (AvgIpc) is 3.03. The number of hydrogen-bond acceptors (Lipinski definition) is 6. The maximum Gasteiger partial charge on any atom is 0.337 e. The first-order valence-corrected chi connectivity index (χ1v) is 7.61. The van der Waals surface area contributed by atoms with E-state index in [1.807, 2.05) is 12.1 Å². The largest absolute Gasteiger partial charge is 0.465 e. The molecule has 0 bridgehead atoms. The molecule has 0 spiro atoms. The number of aromatic nitrogens is 1. The van der Waals surface area contributed by atoms with Crippen LogP contribution in [0, 0.1) is 0 Å². The quantitative estimate of drug-likeness (QED) is 0.688. The molecule has 5 nitrogen and oxygen atoms in total. The van der Waals surface area contributed by atoms with Gasteiger partial charge in [0.15, 0.2) is 0 Å². The summed E-state index contributed by atoms with van der Waals surface area (Å²) < 4.78 is 10.3. The lowest BCUT2D eigenvalue weighted by Crippen LogP contribution is -2.00. The lowest BCUT2D eigenvalue weighted by molar-refractivity contribution is 0.0592. The molecule has 116 valence electrons. The number of thiazole rings is 1. The van der Waals surface area contributed by atoms with Gasteiger partial charge in [-0.05, 0) is 30.3 Å². The average molecular weight is 327 g/mol. The fourth-order valence-electron chi connectivity index (χ4n) is 2.16. The van der Waals surface area contributed by atoms with E-state index in [1.165, 1.54) is 25.6 Å². The first-order chi connectivity index (χ1) is 11.1. The zero-order valence-electron chi connectivity index (χ0n) is 12.5. The molecule has 0 fully saturated rings. The first kappa shape index (κ1) is 15.2. The van der Waals surface area contributed by atoms with E-state index in [4.69, 9.17) is 4.74 Å². The second kappa shape index (κ2) is 6.18. The van der Waals surface area contributed by atoms with E-state index in [0.29, 0.717) is 11.1 Å². The van der Waals surface area contributed by atoms with Gasteiger partial charge in [-0.15, -0.1) is 11.3 Å². The molecular weight excluding hydrogens is 314 g/mol. The molecule has 0 unspecified atom stereocenters. The Kier molecular flexibility index (Phi) is 4.08. The molecule has 23 heavy (non-hydrogen) atoms. The van der Waals surface area contributed by atoms with Crippen LogP contribution in [0.1, 0.15) is 20.7 Å². The molecule has 0 amide bonds. The summed E-state index contributed by atoms with van der Waals surface area (Å²) in [6, 6.07) is 12.3. The van der Waals surface area contributed by atoms with Crippen molar-refractivity contribution in [3.63, 3.8) is 0 Å². The van der Waals surface area contributed by atoms with Crippen molar-refractivity contribution < 1.29 is 19.1 Å². The van der Waals surface area contributed by atoms with Crippen molar-refractivity contribution in [3.8, 4) is 10.6 Å². The minimum atomic E-state index is -0.372. The summed E-state index contributed by atoms with van der Waals surface area (Å²) in [5.41, 5.74) is 2.70. The van der Waals surface area contributed by atoms with Gasteiger partial charge in [-0.2, -0.15) is 0 Å². The number of hydrogen-bond donors (Lipinski definition) is 0. The number of carbonyl (C=O) groups excluding carboxylic acids is 2. The lowest BCUT2D eigenvalue weighted by atomic mass is 10.1. The van der Waals surface area contributed by atoms with Gasteiger partial charge < -0.3 is 9.47 Å². The SMILES string of the molecule is COC(=O)c1ccc(-c2nc3ccc(C(=O)OC)cc3s2)cc1. The van der Waals surface area contributed by atoms with E-state index in [1.54, 1.807) is 30.3 Å². The van der Waals surface area contributed by atoms with Gasteiger partial charge in [0.2, 0.25) is 0 Å². The zero-order valence-corrected chi connectivity index (χ0v) is 13.3. The summed E-state index contributed by atoms with van der Waals surface area (Å²) in [6.45, 7) is 0. The van der Waals surface area contributed by atoms with Crippen LogP contribution < -0.4 is 0 Å². The van der Waals surface area contributed by atoms with E-state index < -0.39 is 0 Å². The van der Waals surface area contributed by atoms with Gasteiger partial charge in [0.25, 0.3) is 0 Å². The van der Waals surface area contributed by atoms with Gasteiger partial charge in [-0.3, -0.25) is 0 Å². The predicted molar refractivity (Wildman–Crippen MR) is 87.7 cm³/mol. The highest BCUT2D eigenvalue weighted by Gasteiger charge is 2.11. The van der Waals surface area contributed by atoms with Gasteiger partial charge in [-0.25, -0.2) is 14.6 Å². The van der Waals surface area contributed by atoms with Crippen LogP contribution in [-0.4, -0.2) is 31.1 Å². The number of fused-ring (bicyclic) bond motifs is 1. The molecule has 1 heterocycles. The van der Waals surface area contributed by atoms with Crippen molar-refractivity contribution in [2.24, 2.45) is 0 Å². The van der Waals surface area contributed by atoms with Gasteiger partial charge in [-0.1, -0.05) is 12.1 Å². The van der Waals surface area contributed by atoms with Crippen molar-refractivity contribution in [3.05, 3.63) is 53.6 Å². The fourth-order valence-corrected chi connectivity index (χ4v) is 3.17. The number of esters is 2. The highest BCUT2D eigenvalue weighted by atomic mass is 32.1. The minimum Gasteiger partial charge on any atom is -0.465 e. The Hall–Kier alpha value is -2.73. The number of benzene rings is 2. The summed E-state index contributed by atoms with van der Waals surface area (Å²) in [5.74, 6) is -0.743. The van der Waals surface area contributed by atoms with Crippen molar-refractivity contribution in [1.29, 1.82) is 0 Å². The van der Waals surface area contributed by atoms with Crippen molar-refractivity contribution >= 4 is 33.5 Å². The summed E-state index contributed by atoms with van der Waals surface area (Å²) in [4.78, 5) is 27.6. The van der Waals surface area contributed by atoms with Crippen LogP contribution in [0.4, 0.5) is 0 Å². The standard InChI is InChI=1S/C17H13NO4S/c1-21-16(19)11-5-3-10(4-6-11)15-18-13-8-7-12(17(20)22-2)9-14(13)23-15/h3-9H,1-2H3. The van der Waals surface area contributed by atoms with Gasteiger partial charge in [0.05, 0.1) is 35.6 Å².